The van der Waals surface area contributed by atoms with Crippen molar-refractivity contribution in [1.29, 1.82) is 0 Å². The summed E-state index contributed by atoms with van der Waals surface area (Å²) in [7, 11) is 0. The number of Topliss-reactive ketones (excluding diaryl/α,β-unsaturated/α-hetero) is 1. The van der Waals surface area contributed by atoms with E-state index in [1.807, 2.05) is 48.5 Å². The minimum absolute atomic E-state index is 0.0972. The van der Waals surface area contributed by atoms with Gasteiger partial charge in [0.25, 0.3) is 0 Å². The van der Waals surface area contributed by atoms with E-state index in [4.69, 9.17) is 0 Å². The van der Waals surface area contributed by atoms with Crippen LogP contribution in [0.3, 0.4) is 0 Å². The summed E-state index contributed by atoms with van der Waals surface area (Å²) in [5, 5.41) is 3.29. The maximum absolute atomic E-state index is 12.4. The van der Waals surface area contributed by atoms with Gasteiger partial charge >= 0.3 is 0 Å². The molecule has 0 radical (unpaired) electrons. The van der Waals surface area contributed by atoms with Gasteiger partial charge in [0, 0.05) is 5.56 Å². The van der Waals surface area contributed by atoms with Gasteiger partial charge in [0.1, 0.15) is 0 Å². The molecule has 2 unspecified atom stereocenters. The van der Waals surface area contributed by atoms with Crippen molar-refractivity contribution in [2.24, 2.45) is 0 Å². The summed E-state index contributed by atoms with van der Waals surface area (Å²) in [6.07, 6.45) is 0. The van der Waals surface area contributed by atoms with Crippen LogP contribution in [-0.4, -0.2) is 11.8 Å². The molecular formula is C21H17NO. The van der Waals surface area contributed by atoms with E-state index in [0.717, 1.165) is 5.56 Å². The van der Waals surface area contributed by atoms with Gasteiger partial charge in [-0.15, -0.1) is 0 Å². The van der Waals surface area contributed by atoms with Crippen molar-refractivity contribution in [1.82, 2.24) is 5.32 Å². The molecule has 1 N–H and O–H groups in total. The van der Waals surface area contributed by atoms with Crippen LogP contribution in [0.15, 0.2) is 84.9 Å². The number of rotatable bonds is 4. The van der Waals surface area contributed by atoms with Crippen molar-refractivity contribution in [3.05, 3.63) is 96.1 Å². The average molecular weight is 299 g/mol. The van der Waals surface area contributed by atoms with Crippen molar-refractivity contribution in [2.45, 2.75) is 12.1 Å². The number of carbonyl (C=O) groups is 1. The van der Waals surface area contributed by atoms with E-state index in [1.165, 1.54) is 16.7 Å². The predicted octanol–water partition coefficient (Wildman–Crippen LogP) is 4.25. The Labute approximate surface area is 135 Å². The molecular weight excluding hydrogens is 282 g/mol. The van der Waals surface area contributed by atoms with E-state index in [0.29, 0.717) is 0 Å². The number of nitrogens with one attached hydrogen (secondary N) is 1. The SMILES string of the molecule is O=C(c1ccccc1)C1NC1c1ccc(-c2ccccc2)cc1. The topological polar surface area (TPSA) is 39.0 Å². The molecule has 0 amide bonds. The van der Waals surface area contributed by atoms with Gasteiger partial charge in [0.15, 0.2) is 5.78 Å². The second-order valence-electron chi connectivity index (χ2n) is 5.84. The molecule has 4 rings (SSSR count). The van der Waals surface area contributed by atoms with Crippen LogP contribution in [0.4, 0.5) is 0 Å². The first-order chi connectivity index (χ1) is 11.3. The fourth-order valence-corrected chi connectivity index (χ4v) is 2.95. The van der Waals surface area contributed by atoms with Gasteiger partial charge in [-0.05, 0) is 16.7 Å². The van der Waals surface area contributed by atoms with Crippen LogP contribution in [0.1, 0.15) is 22.0 Å². The molecule has 2 heteroatoms. The maximum atomic E-state index is 12.4. The molecule has 23 heavy (non-hydrogen) atoms. The molecule has 2 atom stereocenters. The molecule has 1 aliphatic rings. The minimum Gasteiger partial charge on any atom is -0.297 e. The van der Waals surface area contributed by atoms with Crippen molar-refractivity contribution >= 4 is 5.78 Å². The Morgan fingerprint density at radius 2 is 1.26 bits per heavy atom. The first kappa shape index (κ1) is 13.9. The second kappa shape index (κ2) is 5.82. The molecule has 0 aliphatic carbocycles. The highest BCUT2D eigenvalue weighted by Gasteiger charge is 2.43. The Balaban J connectivity index is 1.49. The fraction of sp³-hybridized carbons (Fsp3) is 0.0952. The highest BCUT2D eigenvalue weighted by molar-refractivity contribution is 6.02. The first-order valence-corrected chi connectivity index (χ1v) is 7.83. The summed E-state index contributed by atoms with van der Waals surface area (Å²) in [4.78, 5) is 12.4. The fourth-order valence-electron chi connectivity index (χ4n) is 2.95. The Bertz CT molecular complexity index is 809. The monoisotopic (exact) mass is 299 g/mol. The summed E-state index contributed by atoms with van der Waals surface area (Å²) in [5.74, 6) is 0.169. The molecule has 0 bridgehead atoms. The van der Waals surface area contributed by atoms with E-state index in [2.05, 4.69) is 41.7 Å². The molecule has 1 fully saturated rings. The molecule has 2 nitrogen and oxygen atoms in total. The van der Waals surface area contributed by atoms with Crippen LogP contribution in [0, 0.1) is 0 Å². The third-order valence-corrected chi connectivity index (χ3v) is 4.30. The van der Waals surface area contributed by atoms with Gasteiger partial charge in [-0.3, -0.25) is 10.1 Å². The van der Waals surface area contributed by atoms with Crippen molar-refractivity contribution < 1.29 is 4.79 Å². The molecule has 112 valence electrons. The Hall–Kier alpha value is -2.71. The van der Waals surface area contributed by atoms with Crippen LogP contribution >= 0.6 is 0 Å². The smallest absolute Gasteiger partial charge is 0.181 e. The van der Waals surface area contributed by atoms with Crippen LogP contribution in [-0.2, 0) is 0 Å². The van der Waals surface area contributed by atoms with E-state index in [9.17, 15) is 4.79 Å². The number of carbonyl (C=O) groups excluding carboxylic acids is 1. The number of hydrogen-bond donors (Lipinski definition) is 1. The highest BCUT2D eigenvalue weighted by atomic mass is 16.1. The van der Waals surface area contributed by atoms with E-state index in [1.54, 1.807) is 0 Å². The Morgan fingerprint density at radius 1 is 0.696 bits per heavy atom. The Morgan fingerprint density at radius 3 is 1.91 bits per heavy atom. The van der Waals surface area contributed by atoms with E-state index >= 15 is 0 Å². The number of ketones is 1. The van der Waals surface area contributed by atoms with Crippen LogP contribution in [0.2, 0.25) is 0 Å². The van der Waals surface area contributed by atoms with Crippen LogP contribution in [0.25, 0.3) is 11.1 Å². The van der Waals surface area contributed by atoms with Gasteiger partial charge < -0.3 is 0 Å². The quantitative estimate of drug-likeness (QED) is 0.578. The molecule has 0 aromatic heterocycles. The van der Waals surface area contributed by atoms with Gasteiger partial charge in [-0.25, -0.2) is 0 Å². The predicted molar refractivity (Wildman–Crippen MR) is 92.3 cm³/mol. The van der Waals surface area contributed by atoms with E-state index in [-0.39, 0.29) is 17.9 Å². The van der Waals surface area contributed by atoms with Gasteiger partial charge in [0.05, 0.1) is 12.1 Å². The normalized spacial score (nSPS) is 19.3. The second-order valence-corrected chi connectivity index (χ2v) is 5.84. The molecule has 1 saturated heterocycles. The average Bonchev–Trinajstić information content (AvgIpc) is 3.43. The first-order valence-electron chi connectivity index (χ1n) is 7.83. The standard InChI is InChI=1S/C21H17NO/c23-21(18-9-5-2-6-10-18)20-19(22-20)17-13-11-16(12-14-17)15-7-3-1-4-8-15/h1-14,19-20,22H. The summed E-state index contributed by atoms with van der Waals surface area (Å²) in [5.41, 5.74) is 4.34. The molecule has 3 aromatic rings. The van der Waals surface area contributed by atoms with Gasteiger partial charge in [-0.2, -0.15) is 0 Å². The number of benzene rings is 3. The van der Waals surface area contributed by atoms with Gasteiger partial charge in [-0.1, -0.05) is 84.9 Å². The zero-order chi connectivity index (χ0) is 15.6. The Kier molecular flexibility index (Phi) is 3.52. The lowest BCUT2D eigenvalue weighted by atomic mass is 10.00. The zero-order valence-electron chi connectivity index (χ0n) is 12.6. The highest BCUT2D eigenvalue weighted by Crippen LogP contribution is 2.33. The molecule has 0 spiro atoms. The maximum Gasteiger partial charge on any atom is 0.181 e. The summed E-state index contributed by atoms with van der Waals surface area (Å²) < 4.78 is 0. The molecule has 1 heterocycles. The number of hydrogen-bond acceptors (Lipinski definition) is 2. The zero-order valence-corrected chi connectivity index (χ0v) is 12.6. The lowest BCUT2D eigenvalue weighted by Gasteiger charge is -2.03. The van der Waals surface area contributed by atoms with Crippen molar-refractivity contribution in [3.63, 3.8) is 0 Å². The van der Waals surface area contributed by atoms with Crippen molar-refractivity contribution in [2.75, 3.05) is 0 Å². The molecule has 1 aliphatic heterocycles. The van der Waals surface area contributed by atoms with Crippen LogP contribution < -0.4 is 5.32 Å². The molecule has 3 aromatic carbocycles. The lowest BCUT2D eigenvalue weighted by molar-refractivity contribution is 0.0988. The summed E-state index contributed by atoms with van der Waals surface area (Å²) in [6.45, 7) is 0. The van der Waals surface area contributed by atoms with Crippen LogP contribution in [0.5, 0.6) is 0 Å². The lowest BCUT2D eigenvalue weighted by Crippen LogP contribution is -2.09. The largest absolute Gasteiger partial charge is 0.297 e. The summed E-state index contributed by atoms with van der Waals surface area (Å²) in [6, 6.07) is 28.3. The third-order valence-electron chi connectivity index (χ3n) is 4.30. The third kappa shape index (κ3) is 2.81. The minimum atomic E-state index is -0.0972. The molecule has 0 saturated carbocycles. The van der Waals surface area contributed by atoms with Crippen molar-refractivity contribution in [3.8, 4) is 11.1 Å². The van der Waals surface area contributed by atoms with Gasteiger partial charge in [0.2, 0.25) is 0 Å². The van der Waals surface area contributed by atoms with E-state index < -0.39 is 0 Å². The summed E-state index contributed by atoms with van der Waals surface area (Å²) >= 11 is 0.